The number of piperidine rings is 2. The lowest BCUT2D eigenvalue weighted by molar-refractivity contribution is 0.0159. The maximum Gasteiger partial charge on any atom is 0.410 e. The fraction of sp³-hybridized carbons (Fsp3) is 0.465. The van der Waals surface area contributed by atoms with Gasteiger partial charge in [0.05, 0.1) is 54.7 Å². The van der Waals surface area contributed by atoms with E-state index in [1.54, 1.807) is 97.6 Å². The predicted molar refractivity (Wildman–Crippen MR) is 375 cm³/mol. The molecule has 6 heterocycles. The molecule has 0 bridgehead atoms. The molecule has 0 unspecified atom stereocenters. The first-order valence-corrected chi connectivity index (χ1v) is 36.8. The number of rotatable bonds is 16. The van der Waals surface area contributed by atoms with Gasteiger partial charge in [0.2, 0.25) is 11.9 Å². The monoisotopic (exact) mass is 1370 g/mol. The summed E-state index contributed by atoms with van der Waals surface area (Å²) in [4.78, 5) is 50.1. The van der Waals surface area contributed by atoms with Crippen molar-refractivity contribution in [3.05, 3.63) is 144 Å². The first-order valence-electron chi connectivity index (χ1n) is 33.2. The number of fused-ring (bicyclic) bond motifs is 2. The Balaban J connectivity index is 0.000000193. The molecule has 506 valence electrons. The molecular weight excluding hydrogens is 1280 g/mol. The number of halogens is 2. The summed E-state index contributed by atoms with van der Waals surface area (Å²) < 4.78 is 68.3. The summed E-state index contributed by atoms with van der Waals surface area (Å²) in [6, 6.07) is 32.7. The van der Waals surface area contributed by atoms with Crippen LogP contribution >= 0.6 is 23.2 Å². The minimum atomic E-state index is -3.85. The van der Waals surface area contributed by atoms with E-state index in [-0.39, 0.29) is 34.1 Å². The van der Waals surface area contributed by atoms with Gasteiger partial charge < -0.3 is 40.1 Å². The van der Waals surface area contributed by atoms with Gasteiger partial charge in [-0.2, -0.15) is 0 Å². The maximum atomic E-state index is 13.7. The number of aromatic nitrogens is 6. The molecule has 4 aliphatic rings. The van der Waals surface area contributed by atoms with Gasteiger partial charge in [0.15, 0.2) is 0 Å². The molecule has 8 aromatic rings. The Kier molecular flexibility index (Phi) is 21.5. The number of ether oxygens (including phenoxy) is 2. The third-order valence-electron chi connectivity index (χ3n) is 18.3. The van der Waals surface area contributed by atoms with Crippen molar-refractivity contribution in [1.82, 2.24) is 47.9 Å². The number of carbonyl (C=O) groups excluding carboxylic acids is 2. The van der Waals surface area contributed by atoms with Crippen LogP contribution in [-0.4, -0.2) is 153 Å². The van der Waals surface area contributed by atoms with Crippen molar-refractivity contribution >= 4 is 89.1 Å². The van der Waals surface area contributed by atoms with Crippen LogP contribution in [0.1, 0.15) is 119 Å². The Morgan fingerprint density at radius 2 is 0.958 bits per heavy atom. The lowest BCUT2D eigenvalue weighted by Crippen LogP contribution is -2.46. The van der Waals surface area contributed by atoms with Gasteiger partial charge in [-0.15, -0.1) is 0 Å². The van der Waals surface area contributed by atoms with Crippen LogP contribution in [0.3, 0.4) is 0 Å². The summed E-state index contributed by atoms with van der Waals surface area (Å²) in [6.45, 7) is 16.2. The summed E-state index contributed by atoms with van der Waals surface area (Å²) in [7, 11) is -5.49. The highest BCUT2D eigenvalue weighted by molar-refractivity contribution is 7.90. The van der Waals surface area contributed by atoms with Crippen LogP contribution in [0.2, 0.25) is 10.0 Å². The number of amides is 2. The highest BCUT2D eigenvalue weighted by Crippen LogP contribution is 2.39. The van der Waals surface area contributed by atoms with E-state index in [9.17, 15) is 26.4 Å². The van der Waals surface area contributed by atoms with Crippen molar-refractivity contribution in [2.75, 3.05) is 56.9 Å². The average molecular weight is 1370 g/mol. The molecule has 2 aliphatic heterocycles. The van der Waals surface area contributed by atoms with E-state index in [0.717, 1.165) is 127 Å². The topological polar surface area (TPSA) is 228 Å². The van der Waals surface area contributed by atoms with Gasteiger partial charge in [-0.25, -0.2) is 54.3 Å². The van der Waals surface area contributed by atoms with Gasteiger partial charge in [0.25, 0.3) is 20.0 Å². The van der Waals surface area contributed by atoms with E-state index < -0.39 is 31.2 Å². The van der Waals surface area contributed by atoms with Gasteiger partial charge in [-0.3, -0.25) is 0 Å². The molecule has 4 aromatic carbocycles. The molecule has 0 spiro atoms. The molecule has 0 radical (unpaired) electrons. The SMILES string of the molecule is CC(C)(C)OC(=O)N1CCC(CN[C@H]2CCC[C@@H](Nc3ncc(Cl)c(-c4cn(S(=O)(=O)c5ccccc5)c5ccccc45)n3)C2)CC1.CN(CC1CCN(C(=O)OC(C)(C)C)CC1)[C@H]1CCC[C@@H](Nc2ncc(Cl)c(-c3cn(S(=O)(=O)c4ccccc4)c4ccccc34)n2)C1. The summed E-state index contributed by atoms with van der Waals surface area (Å²) >= 11 is 13.3. The zero-order valence-corrected chi connectivity index (χ0v) is 58.4. The van der Waals surface area contributed by atoms with Crippen LogP contribution in [0.4, 0.5) is 21.5 Å². The Hall–Kier alpha value is -7.34. The number of carbonyl (C=O) groups is 2. The zero-order chi connectivity index (χ0) is 67.2. The second-order valence-electron chi connectivity index (χ2n) is 27.7. The molecule has 4 fully saturated rings. The number of anilines is 2. The molecule has 3 N–H and O–H groups in total. The van der Waals surface area contributed by atoms with Gasteiger partial charge in [-0.05, 0) is 180 Å². The van der Waals surface area contributed by atoms with E-state index in [1.165, 1.54) is 7.94 Å². The van der Waals surface area contributed by atoms with Crippen molar-refractivity contribution in [3.63, 3.8) is 0 Å². The van der Waals surface area contributed by atoms with E-state index >= 15 is 0 Å². The molecule has 2 amide bonds. The molecule has 20 nitrogen and oxygen atoms in total. The van der Waals surface area contributed by atoms with E-state index in [0.29, 0.717) is 79.4 Å². The van der Waals surface area contributed by atoms with Crippen molar-refractivity contribution in [2.24, 2.45) is 11.8 Å². The highest BCUT2D eigenvalue weighted by atomic mass is 35.5. The minimum Gasteiger partial charge on any atom is -0.444 e. The number of nitrogens with zero attached hydrogens (tertiary/aromatic N) is 9. The number of para-hydroxylation sites is 2. The molecule has 95 heavy (non-hydrogen) atoms. The van der Waals surface area contributed by atoms with Crippen molar-refractivity contribution in [3.8, 4) is 22.5 Å². The highest BCUT2D eigenvalue weighted by Gasteiger charge is 2.34. The van der Waals surface area contributed by atoms with Crippen molar-refractivity contribution in [1.29, 1.82) is 0 Å². The first kappa shape index (κ1) is 69.0. The fourth-order valence-electron chi connectivity index (χ4n) is 13.5. The predicted octanol–water partition coefficient (Wildman–Crippen LogP) is 14.2. The number of nitrogens with one attached hydrogen (secondary N) is 3. The minimum absolute atomic E-state index is 0.184. The zero-order valence-electron chi connectivity index (χ0n) is 55.3. The summed E-state index contributed by atoms with van der Waals surface area (Å²) in [5.74, 6) is 2.00. The van der Waals surface area contributed by atoms with Crippen LogP contribution in [0.5, 0.6) is 0 Å². The lowest BCUT2D eigenvalue weighted by Gasteiger charge is -2.39. The van der Waals surface area contributed by atoms with Gasteiger partial charge >= 0.3 is 12.2 Å². The van der Waals surface area contributed by atoms with Crippen molar-refractivity contribution < 1.29 is 35.9 Å². The average Bonchev–Trinajstić information content (AvgIpc) is 1.61. The summed E-state index contributed by atoms with van der Waals surface area (Å²) in [5.41, 5.74) is 2.34. The molecule has 4 atom stereocenters. The lowest BCUT2D eigenvalue weighted by atomic mass is 9.88. The van der Waals surface area contributed by atoms with E-state index in [2.05, 4.69) is 37.9 Å². The maximum absolute atomic E-state index is 13.7. The smallest absolute Gasteiger partial charge is 0.410 e. The largest absolute Gasteiger partial charge is 0.444 e. The normalized spacial score (nSPS) is 19.5. The number of hydrogen-bond donors (Lipinski definition) is 3. The molecule has 2 saturated carbocycles. The Bertz CT molecular complexity index is 4210. The Morgan fingerprint density at radius 1 is 0.547 bits per heavy atom. The van der Waals surface area contributed by atoms with Crippen LogP contribution < -0.4 is 16.0 Å². The number of hydrogen-bond acceptors (Lipinski definition) is 16. The first-order chi connectivity index (χ1) is 45.4. The van der Waals surface area contributed by atoms with Gasteiger partial charge in [0.1, 0.15) is 11.2 Å². The molecular formula is C71H88Cl2N12O8S2. The quantitative estimate of drug-likeness (QED) is 0.0817. The van der Waals surface area contributed by atoms with Gasteiger partial charge in [0, 0.05) is 91.2 Å². The second-order valence-corrected chi connectivity index (χ2v) is 32.1. The molecule has 24 heteroatoms. The van der Waals surface area contributed by atoms with Crippen molar-refractivity contribution in [2.45, 2.75) is 164 Å². The Labute approximate surface area is 568 Å². The van der Waals surface area contributed by atoms with Crippen LogP contribution in [-0.2, 0) is 29.5 Å². The van der Waals surface area contributed by atoms with Crippen LogP contribution in [0.15, 0.2) is 144 Å². The van der Waals surface area contributed by atoms with Crippen LogP contribution in [0.25, 0.3) is 44.3 Å². The third kappa shape index (κ3) is 16.9. The molecule has 4 aromatic heterocycles. The summed E-state index contributed by atoms with van der Waals surface area (Å²) in [6.07, 6.45) is 18.1. The Morgan fingerprint density at radius 3 is 1.42 bits per heavy atom. The number of benzene rings is 4. The van der Waals surface area contributed by atoms with E-state index in [1.807, 2.05) is 87.7 Å². The number of likely N-dealkylation sites (tertiary alicyclic amines) is 2. The van der Waals surface area contributed by atoms with Crippen LogP contribution in [0, 0.1) is 11.8 Å². The molecule has 2 saturated heterocycles. The van der Waals surface area contributed by atoms with E-state index in [4.69, 9.17) is 42.6 Å². The third-order valence-corrected chi connectivity index (χ3v) is 22.3. The standard InChI is InChI=1S/C36H45ClN6O4S.C35H43ClN6O4S/c1-36(2,3)47-35(44)42-19-17-25(18-20-42)23-41(4)27-12-10-11-26(21-27)39-34-38-22-31(37)33(40-34)30-24-43(32-16-9-8-15-29(30)32)48(45,46)28-13-6-5-7-14-28;1-35(2,3)46-34(43)41-18-16-24(17-19-41)21-37-25-10-9-11-26(20-25)39-33-38-22-30(36)32(40-33)29-23-42(31-15-8-7-14-28(29)31)47(44,45)27-12-5-4-6-13-27/h5-9,13-16,22,24-27H,10-12,17-21,23H2,1-4H3,(H,38,39,40);4-8,12-15,22-26,37H,9-11,16-21H2,1-3H3,(H,38,39,40)/t26-,27+;25-,26+/m10/s1. The molecule has 2 aliphatic carbocycles. The fourth-order valence-corrected chi connectivity index (χ4v) is 16.6. The second kappa shape index (κ2) is 29.6. The van der Waals surface area contributed by atoms with Gasteiger partial charge in [-0.1, -0.05) is 96.0 Å². The summed E-state index contributed by atoms with van der Waals surface area (Å²) in [5, 5.41) is 13.0. The molecule has 12 rings (SSSR count).